The number of benzene rings is 1. The van der Waals surface area contributed by atoms with E-state index < -0.39 is 29.6 Å². The summed E-state index contributed by atoms with van der Waals surface area (Å²) in [6, 6.07) is 3.37. The van der Waals surface area contributed by atoms with Crippen LogP contribution in [-0.4, -0.2) is 50.3 Å². The molecule has 0 saturated carbocycles. The van der Waals surface area contributed by atoms with Crippen molar-refractivity contribution in [3.8, 4) is 11.5 Å². The Labute approximate surface area is 141 Å². The third kappa shape index (κ3) is 3.57. The zero-order valence-electron chi connectivity index (χ0n) is 14.6. The first-order valence-electron chi connectivity index (χ1n) is 7.79. The topological polar surface area (TPSA) is 99.5 Å². The second kappa shape index (κ2) is 6.14. The van der Waals surface area contributed by atoms with Crippen LogP contribution in [0.15, 0.2) is 18.2 Å². The molecular weight excluding hydrogens is 314 g/mol. The second-order valence-corrected chi connectivity index (χ2v) is 7.33. The molecule has 1 saturated heterocycles. The summed E-state index contributed by atoms with van der Waals surface area (Å²) in [5.74, 6) is -0.507. The second-order valence-electron chi connectivity index (χ2n) is 7.33. The molecule has 7 heteroatoms. The normalized spacial score (nSPS) is 21.6. The van der Waals surface area contributed by atoms with Gasteiger partial charge in [0.15, 0.2) is 0 Å². The summed E-state index contributed by atoms with van der Waals surface area (Å²) in [4.78, 5) is 13.9. The average Bonchev–Trinajstić information content (AvgIpc) is 2.72. The van der Waals surface area contributed by atoms with Crippen molar-refractivity contribution in [3.05, 3.63) is 23.8 Å². The van der Waals surface area contributed by atoms with E-state index in [4.69, 9.17) is 9.47 Å². The van der Waals surface area contributed by atoms with Gasteiger partial charge in [0.25, 0.3) is 0 Å². The quantitative estimate of drug-likeness (QED) is 0.765. The van der Waals surface area contributed by atoms with E-state index in [9.17, 15) is 20.1 Å². The molecule has 0 aromatic heterocycles. The number of nitrogens with zero attached hydrogens (tertiary/aromatic N) is 1. The van der Waals surface area contributed by atoms with Gasteiger partial charge in [-0.3, -0.25) is 4.90 Å². The van der Waals surface area contributed by atoms with Crippen molar-refractivity contribution in [3.63, 3.8) is 0 Å². The largest absolute Gasteiger partial charge is 0.507 e. The Hall–Kier alpha value is -1.99. The third-order valence-electron chi connectivity index (χ3n) is 3.83. The van der Waals surface area contributed by atoms with E-state index in [0.717, 1.165) is 0 Å². The van der Waals surface area contributed by atoms with Gasteiger partial charge >= 0.3 is 6.09 Å². The Morgan fingerprint density at radius 3 is 2.38 bits per heavy atom. The minimum Gasteiger partial charge on any atom is -0.507 e. The molecule has 1 aliphatic rings. The van der Waals surface area contributed by atoms with Gasteiger partial charge in [-0.2, -0.15) is 0 Å². The summed E-state index contributed by atoms with van der Waals surface area (Å²) in [6.07, 6.45) is -1.97. The molecule has 1 fully saturated rings. The minimum absolute atomic E-state index is 0.0428. The number of aromatic hydroxyl groups is 2. The van der Waals surface area contributed by atoms with Crippen molar-refractivity contribution >= 4 is 6.09 Å². The summed E-state index contributed by atoms with van der Waals surface area (Å²) >= 11 is 0. The van der Waals surface area contributed by atoms with Gasteiger partial charge in [-0.15, -0.1) is 0 Å². The molecule has 7 nitrogen and oxygen atoms in total. The molecule has 1 aliphatic heterocycles. The number of carbonyl (C=O) groups excluding carboxylic acids is 1. The Kier molecular flexibility index (Phi) is 4.70. The van der Waals surface area contributed by atoms with Crippen LogP contribution in [0.3, 0.4) is 0 Å². The zero-order valence-corrected chi connectivity index (χ0v) is 14.6. The zero-order chi connectivity index (χ0) is 18.3. The molecule has 0 bridgehead atoms. The lowest BCUT2D eigenvalue weighted by atomic mass is 9.99. The van der Waals surface area contributed by atoms with Crippen LogP contribution < -0.4 is 0 Å². The molecule has 0 radical (unpaired) electrons. The van der Waals surface area contributed by atoms with Crippen molar-refractivity contribution in [2.24, 2.45) is 0 Å². The number of hydrogen-bond donors (Lipinski definition) is 3. The number of rotatable bonds is 2. The summed E-state index contributed by atoms with van der Waals surface area (Å²) in [6.45, 7) is 8.66. The lowest BCUT2D eigenvalue weighted by Crippen LogP contribution is -2.51. The van der Waals surface area contributed by atoms with E-state index in [-0.39, 0.29) is 23.7 Å². The van der Waals surface area contributed by atoms with Crippen molar-refractivity contribution in [2.75, 3.05) is 6.61 Å². The van der Waals surface area contributed by atoms with E-state index in [1.54, 1.807) is 34.6 Å². The van der Waals surface area contributed by atoms with E-state index >= 15 is 0 Å². The van der Waals surface area contributed by atoms with Gasteiger partial charge in [-0.05, 0) is 46.8 Å². The van der Waals surface area contributed by atoms with E-state index in [1.165, 1.54) is 23.1 Å². The Morgan fingerprint density at radius 2 is 1.88 bits per heavy atom. The first kappa shape index (κ1) is 18.4. The molecule has 1 heterocycles. The van der Waals surface area contributed by atoms with Gasteiger partial charge in [-0.1, -0.05) is 6.07 Å². The highest BCUT2D eigenvalue weighted by Crippen LogP contribution is 2.40. The number of phenolic OH excluding ortho intramolecular Hbond substituents is 2. The summed E-state index contributed by atoms with van der Waals surface area (Å²) in [7, 11) is 0. The standard InChI is InChI=1S/C17H25NO6/c1-16(2,3)24-15(22)18-10(9-23-17(18,4)5)14(21)13-11(19)7-6-8-12(13)20/h6-8,10,14,19-21H,9H2,1-5H3/t10-,14+/m1/s1. The Balaban J connectivity index is 2.36. The minimum atomic E-state index is -1.33. The molecule has 1 amide bonds. The van der Waals surface area contributed by atoms with Crippen molar-refractivity contribution in [1.29, 1.82) is 0 Å². The van der Waals surface area contributed by atoms with E-state index in [1.807, 2.05) is 0 Å². The van der Waals surface area contributed by atoms with Crippen LogP contribution in [0.1, 0.15) is 46.3 Å². The SMILES string of the molecule is CC(C)(C)OC(=O)N1[C@@H]([C@H](O)c2c(O)cccc2O)COC1(C)C. The van der Waals surface area contributed by atoms with Crippen LogP contribution in [0.5, 0.6) is 11.5 Å². The molecule has 0 aliphatic carbocycles. The predicted molar refractivity (Wildman–Crippen MR) is 86.6 cm³/mol. The van der Waals surface area contributed by atoms with Gasteiger partial charge in [0.1, 0.15) is 28.9 Å². The van der Waals surface area contributed by atoms with Crippen LogP contribution in [0.2, 0.25) is 0 Å². The molecule has 24 heavy (non-hydrogen) atoms. The molecule has 3 N–H and O–H groups in total. The van der Waals surface area contributed by atoms with Crippen LogP contribution in [0, 0.1) is 0 Å². The molecular formula is C17H25NO6. The number of amides is 1. The van der Waals surface area contributed by atoms with Crippen molar-refractivity contribution < 1.29 is 29.6 Å². The monoisotopic (exact) mass is 339 g/mol. The maximum Gasteiger partial charge on any atom is 0.413 e. The lowest BCUT2D eigenvalue weighted by molar-refractivity contribution is -0.0681. The molecule has 2 rings (SSSR count). The van der Waals surface area contributed by atoms with Crippen LogP contribution in [0.4, 0.5) is 4.79 Å². The Bertz CT molecular complexity index is 602. The number of hydrogen-bond acceptors (Lipinski definition) is 6. The van der Waals surface area contributed by atoms with Gasteiger partial charge in [-0.25, -0.2) is 4.79 Å². The van der Waals surface area contributed by atoms with Crippen LogP contribution in [0.25, 0.3) is 0 Å². The predicted octanol–water partition coefficient (Wildman–Crippen LogP) is 2.50. The summed E-state index contributed by atoms with van der Waals surface area (Å²) < 4.78 is 11.0. The van der Waals surface area contributed by atoms with E-state index in [0.29, 0.717) is 0 Å². The maximum atomic E-state index is 12.6. The van der Waals surface area contributed by atoms with Crippen molar-refractivity contribution in [2.45, 2.75) is 58.1 Å². The fourth-order valence-corrected chi connectivity index (χ4v) is 2.77. The molecule has 1 aromatic rings. The van der Waals surface area contributed by atoms with Crippen LogP contribution >= 0.6 is 0 Å². The fourth-order valence-electron chi connectivity index (χ4n) is 2.77. The summed E-state index contributed by atoms with van der Waals surface area (Å²) in [5, 5.41) is 30.6. The highest BCUT2D eigenvalue weighted by molar-refractivity contribution is 5.70. The molecule has 0 unspecified atom stereocenters. The summed E-state index contributed by atoms with van der Waals surface area (Å²) in [5.41, 5.74) is -1.74. The number of aliphatic hydroxyl groups excluding tert-OH is 1. The molecule has 2 atom stereocenters. The maximum absolute atomic E-state index is 12.6. The smallest absolute Gasteiger partial charge is 0.413 e. The first-order valence-corrected chi connectivity index (χ1v) is 7.79. The van der Waals surface area contributed by atoms with Gasteiger partial charge in [0.05, 0.1) is 18.2 Å². The molecule has 0 spiro atoms. The van der Waals surface area contributed by atoms with E-state index in [2.05, 4.69) is 0 Å². The highest BCUT2D eigenvalue weighted by atomic mass is 16.6. The number of carbonyl (C=O) groups is 1. The van der Waals surface area contributed by atoms with Gasteiger partial charge in [0.2, 0.25) is 0 Å². The van der Waals surface area contributed by atoms with Gasteiger partial charge in [0, 0.05) is 0 Å². The average molecular weight is 339 g/mol. The van der Waals surface area contributed by atoms with Crippen LogP contribution in [-0.2, 0) is 9.47 Å². The number of ether oxygens (including phenoxy) is 2. The lowest BCUT2D eigenvalue weighted by Gasteiger charge is -2.36. The molecule has 1 aromatic carbocycles. The fraction of sp³-hybridized carbons (Fsp3) is 0.588. The van der Waals surface area contributed by atoms with Gasteiger partial charge < -0.3 is 24.8 Å². The van der Waals surface area contributed by atoms with Crippen molar-refractivity contribution in [1.82, 2.24) is 4.90 Å². The number of aliphatic hydroxyl groups is 1. The molecule has 134 valence electrons. The highest BCUT2D eigenvalue weighted by Gasteiger charge is 2.49. The third-order valence-corrected chi connectivity index (χ3v) is 3.83. The number of phenols is 2. The first-order chi connectivity index (χ1) is 10.9. The Morgan fingerprint density at radius 1 is 1.33 bits per heavy atom.